The van der Waals surface area contributed by atoms with Gasteiger partial charge in [-0.1, -0.05) is 6.07 Å². The summed E-state index contributed by atoms with van der Waals surface area (Å²) in [5, 5.41) is 0. The van der Waals surface area contributed by atoms with Gasteiger partial charge < -0.3 is 4.98 Å². The molecule has 0 unspecified atom stereocenters. The molecule has 96 valence electrons. The van der Waals surface area contributed by atoms with Crippen molar-refractivity contribution in [2.75, 3.05) is 0 Å². The Bertz CT molecular complexity index is 716. The molecule has 3 rings (SSSR count). The lowest BCUT2D eigenvalue weighted by atomic mass is 10.1. The van der Waals surface area contributed by atoms with Crippen LogP contribution in [0.2, 0.25) is 0 Å². The van der Waals surface area contributed by atoms with Crippen molar-refractivity contribution in [3.05, 3.63) is 53.1 Å². The topological polar surface area (TPSA) is 28.7 Å². The lowest BCUT2D eigenvalue weighted by molar-refractivity contribution is 0.588. The molecule has 0 fully saturated rings. The zero-order chi connectivity index (χ0) is 13.6. The molecule has 1 N–H and O–H groups in total. The highest BCUT2D eigenvalue weighted by atomic mass is 19.1. The molecule has 0 radical (unpaired) electrons. The van der Waals surface area contributed by atoms with Gasteiger partial charge in [-0.05, 0) is 49.2 Å². The lowest BCUT2D eigenvalue weighted by Gasteiger charge is -2.00. The molecule has 0 bridgehead atoms. The van der Waals surface area contributed by atoms with Crippen LogP contribution in [0.5, 0.6) is 0 Å². The maximum atomic E-state index is 13.7. The number of fused-ring (bicyclic) bond motifs is 1. The molecular weight excluding hydrogens is 246 g/mol. The number of rotatable bonds is 1. The van der Waals surface area contributed by atoms with Crippen LogP contribution < -0.4 is 0 Å². The van der Waals surface area contributed by atoms with Crippen molar-refractivity contribution in [1.82, 2.24) is 9.97 Å². The largest absolute Gasteiger partial charge is 0.338 e. The number of halogens is 2. The Balaban J connectivity index is 2.26. The molecule has 2 nitrogen and oxygen atoms in total. The van der Waals surface area contributed by atoms with Gasteiger partial charge in [0.15, 0.2) is 0 Å². The van der Waals surface area contributed by atoms with E-state index in [9.17, 15) is 8.78 Å². The molecular formula is C15H12F2N2. The van der Waals surface area contributed by atoms with E-state index in [-0.39, 0.29) is 11.4 Å². The predicted octanol–water partition coefficient (Wildman–Crippen LogP) is 4.12. The molecule has 0 aliphatic carbocycles. The van der Waals surface area contributed by atoms with Gasteiger partial charge >= 0.3 is 0 Å². The molecule has 4 heteroatoms. The predicted molar refractivity (Wildman–Crippen MR) is 70.9 cm³/mol. The van der Waals surface area contributed by atoms with Gasteiger partial charge in [0.2, 0.25) is 0 Å². The van der Waals surface area contributed by atoms with Crippen LogP contribution in [-0.2, 0) is 0 Å². The van der Waals surface area contributed by atoms with Crippen LogP contribution >= 0.6 is 0 Å². The van der Waals surface area contributed by atoms with Crippen LogP contribution in [0.3, 0.4) is 0 Å². The summed E-state index contributed by atoms with van der Waals surface area (Å²) in [5.41, 5.74) is 3.58. The normalized spacial score (nSPS) is 11.2. The highest BCUT2D eigenvalue weighted by Crippen LogP contribution is 2.26. The van der Waals surface area contributed by atoms with E-state index in [1.54, 1.807) is 0 Å². The molecule has 1 heterocycles. The highest BCUT2D eigenvalue weighted by Gasteiger charge is 2.15. The Kier molecular flexibility index (Phi) is 2.59. The van der Waals surface area contributed by atoms with Crippen molar-refractivity contribution in [2.45, 2.75) is 13.8 Å². The van der Waals surface area contributed by atoms with Crippen molar-refractivity contribution >= 4 is 11.0 Å². The third-order valence-electron chi connectivity index (χ3n) is 3.30. The molecule has 19 heavy (non-hydrogen) atoms. The van der Waals surface area contributed by atoms with E-state index in [2.05, 4.69) is 9.97 Å². The molecule has 0 aliphatic heterocycles. The standard InChI is InChI=1S/C15H12F2N2/c1-8-6-12-13(7-9(8)2)19-15(18-12)14-10(16)4-3-5-11(14)17/h3-7H,1-2H3,(H,18,19). The smallest absolute Gasteiger partial charge is 0.144 e. The molecule has 2 aromatic carbocycles. The van der Waals surface area contributed by atoms with E-state index in [0.717, 1.165) is 16.6 Å². The molecule has 0 spiro atoms. The summed E-state index contributed by atoms with van der Waals surface area (Å²) < 4.78 is 27.4. The number of aryl methyl sites for hydroxylation is 2. The summed E-state index contributed by atoms with van der Waals surface area (Å²) in [6, 6.07) is 7.62. The minimum absolute atomic E-state index is 0.117. The first kappa shape index (κ1) is 11.8. The van der Waals surface area contributed by atoms with Crippen molar-refractivity contribution in [2.24, 2.45) is 0 Å². The number of hydrogen-bond donors (Lipinski definition) is 1. The average molecular weight is 258 g/mol. The van der Waals surface area contributed by atoms with Gasteiger partial charge in [0.1, 0.15) is 17.5 Å². The molecule has 0 saturated heterocycles. The van der Waals surface area contributed by atoms with E-state index in [1.165, 1.54) is 18.2 Å². The minimum atomic E-state index is -0.618. The second-order valence-electron chi connectivity index (χ2n) is 4.64. The van der Waals surface area contributed by atoms with Crippen LogP contribution in [-0.4, -0.2) is 9.97 Å². The first-order valence-corrected chi connectivity index (χ1v) is 5.97. The summed E-state index contributed by atoms with van der Waals surface area (Å²) in [5.74, 6) is -1.02. The Morgan fingerprint density at radius 1 is 1.00 bits per heavy atom. The van der Waals surface area contributed by atoms with Crippen LogP contribution in [0.4, 0.5) is 8.78 Å². The summed E-state index contributed by atoms with van der Waals surface area (Å²) in [7, 11) is 0. The monoisotopic (exact) mass is 258 g/mol. The maximum absolute atomic E-state index is 13.7. The average Bonchev–Trinajstić information content (AvgIpc) is 2.72. The van der Waals surface area contributed by atoms with E-state index < -0.39 is 11.6 Å². The molecule has 0 atom stereocenters. The van der Waals surface area contributed by atoms with Gasteiger partial charge in [-0.15, -0.1) is 0 Å². The van der Waals surface area contributed by atoms with Crippen LogP contribution in [0.25, 0.3) is 22.4 Å². The SMILES string of the molecule is Cc1cc2nc(-c3c(F)cccc3F)[nH]c2cc1C. The van der Waals surface area contributed by atoms with Crippen LogP contribution in [0, 0.1) is 25.5 Å². The Morgan fingerprint density at radius 2 is 1.63 bits per heavy atom. The third-order valence-corrected chi connectivity index (χ3v) is 3.30. The van der Waals surface area contributed by atoms with Crippen molar-refractivity contribution in [1.29, 1.82) is 0 Å². The number of benzene rings is 2. The second-order valence-corrected chi connectivity index (χ2v) is 4.64. The molecule has 1 aromatic heterocycles. The first-order chi connectivity index (χ1) is 9.06. The zero-order valence-electron chi connectivity index (χ0n) is 10.6. The fourth-order valence-electron chi connectivity index (χ4n) is 2.11. The van der Waals surface area contributed by atoms with E-state index in [1.807, 2.05) is 26.0 Å². The quantitative estimate of drug-likeness (QED) is 0.698. The Hall–Kier alpha value is -2.23. The summed E-state index contributed by atoms with van der Waals surface area (Å²) in [6.45, 7) is 3.96. The molecule has 0 amide bonds. The number of aromatic nitrogens is 2. The number of imidazole rings is 1. The summed E-state index contributed by atoms with van der Waals surface area (Å²) in [4.78, 5) is 7.24. The van der Waals surface area contributed by atoms with Gasteiger partial charge in [-0.25, -0.2) is 13.8 Å². The minimum Gasteiger partial charge on any atom is -0.338 e. The van der Waals surface area contributed by atoms with Crippen molar-refractivity contribution in [3.8, 4) is 11.4 Å². The van der Waals surface area contributed by atoms with E-state index in [0.29, 0.717) is 5.52 Å². The number of aromatic amines is 1. The Labute approximate surface area is 109 Å². The molecule has 0 aliphatic rings. The number of H-pyrrole nitrogens is 1. The number of hydrogen-bond acceptors (Lipinski definition) is 1. The Morgan fingerprint density at radius 3 is 2.32 bits per heavy atom. The lowest BCUT2D eigenvalue weighted by Crippen LogP contribution is -1.90. The van der Waals surface area contributed by atoms with Gasteiger partial charge in [-0.2, -0.15) is 0 Å². The highest BCUT2D eigenvalue weighted by molar-refractivity contribution is 5.81. The van der Waals surface area contributed by atoms with Crippen molar-refractivity contribution < 1.29 is 8.78 Å². The summed E-state index contributed by atoms with van der Waals surface area (Å²) in [6.07, 6.45) is 0. The van der Waals surface area contributed by atoms with E-state index in [4.69, 9.17) is 0 Å². The van der Waals surface area contributed by atoms with Gasteiger partial charge in [0.25, 0.3) is 0 Å². The van der Waals surface area contributed by atoms with Crippen LogP contribution in [0.15, 0.2) is 30.3 Å². The third kappa shape index (κ3) is 1.89. The number of nitrogens with one attached hydrogen (secondary N) is 1. The van der Waals surface area contributed by atoms with E-state index >= 15 is 0 Å². The zero-order valence-corrected chi connectivity index (χ0v) is 10.6. The van der Waals surface area contributed by atoms with Gasteiger partial charge in [0, 0.05) is 0 Å². The van der Waals surface area contributed by atoms with Crippen molar-refractivity contribution in [3.63, 3.8) is 0 Å². The second kappa shape index (κ2) is 4.16. The summed E-state index contributed by atoms with van der Waals surface area (Å²) >= 11 is 0. The van der Waals surface area contributed by atoms with Gasteiger partial charge in [0.05, 0.1) is 16.6 Å². The maximum Gasteiger partial charge on any atom is 0.144 e. The van der Waals surface area contributed by atoms with Gasteiger partial charge in [-0.3, -0.25) is 0 Å². The number of nitrogens with zero attached hydrogens (tertiary/aromatic N) is 1. The fraction of sp³-hybridized carbons (Fsp3) is 0.133. The fourth-order valence-corrected chi connectivity index (χ4v) is 2.11. The molecule has 0 saturated carbocycles. The molecule has 3 aromatic rings. The van der Waals surface area contributed by atoms with Crippen LogP contribution in [0.1, 0.15) is 11.1 Å². The first-order valence-electron chi connectivity index (χ1n) is 5.97.